The van der Waals surface area contributed by atoms with Gasteiger partial charge in [-0.3, -0.25) is 4.79 Å². The molecule has 0 bridgehead atoms. The van der Waals surface area contributed by atoms with Crippen molar-refractivity contribution < 1.29 is 9.18 Å². The molecule has 0 spiro atoms. The van der Waals surface area contributed by atoms with Gasteiger partial charge in [-0.25, -0.2) is 9.37 Å². The Morgan fingerprint density at radius 3 is 2.87 bits per heavy atom. The number of rotatable bonds is 2. The van der Waals surface area contributed by atoms with Gasteiger partial charge in [-0.2, -0.15) is 0 Å². The number of amides is 1. The fourth-order valence-electron chi connectivity index (χ4n) is 3.51. The van der Waals surface area contributed by atoms with Crippen LogP contribution in [0.15, 0.2) is 42.6 Å². The minimum Gasteiger partial charge on any atom is -0.356 e. The number of hydrogen-bond donors (Lipinski definition) is 0. The maximum absolute atomic E-state index is 13.0. The van der Waals surface area contributed by atoms with Gasteiger partial charge < -0.3 is 9.80 Å². The third kappa shape index (κ3) is 2.56. The molecule has 1 saturated heterocycles. The van der Waals surface area contributed by atoms with Gasteiger partial charge in [0.1, 0.15) is 11.6 Å². The van der Waals surface area contributed by atoms with E-state index in [0.29, 0.717) is 6.54 Å². The number of fused-ring (bicyclic) bond motifs is 1. The van der Waals surface area contributed by atoms with Crippen LogP contribution >= 0.6 is 0 Å². The molecule has 2 aromatic rings. The molecule has 1 aromatic carbocycles. The third-order valence-corrected chi connectivity index (χ3v) is 4.73. The Morgan fingerprint density at radius 1 is 1.17 bits per heavy atom. The van der Waals surface area contributed by atoms with Crippen molar-refractivity contribution in [3.63, 3.8) is 0 Å². The molecule has 23 heavy (non-hydrogen) atoms. The number of hydrogen-bond acceptors (Lipinski definition) is 3. The molecule has 5 heteroatoms. The van der Waals surface area contributed by atoms with E-state index in [4.69, 9.17) is 0 Å². The van der Waals surface area contributed by atoms with Crippen LogP contribution in [0.3, 0.4) is 0 Å². The molecule has 1 fully saturated rings. The van der Waals surface area contributed by atoms with Gasteiger partial charge in [0.2, 0.25) is 5.91 Å². The topological polar surface area (TPSA) is 36.4 Å². The molecule has 2 aliphatic heterocycles. The van der Waals surface area contributed by atoms with Gasteiger partial charge in [0, 0.05) is 25.3 Å². The summed E-state index contributed by atoms with van der Waals surface area (Å²) in [5.41, 5.74) is 2.30. The molecule has 2 aliphatic rings. The minimum atomic E-state index is -0.339. The molecule has 4 rings (SSSR count). The van der Waals surface area contributed by atoms with Crippen LogP contribution in [0.1, 0.15) is 12.0 Å². The molecule has 118 valence electrons. The summed E-state index contributed by atoms with van der Waals surface area (Å²) in [6.07, 6.45) is 2.97. The Balaban J connectivity index is 1.48. The first-order valence-corrected chi connectivity index (χ1v) is 7.98. The van der Waals surface area contributed by atoms with Crippen molar-refractivity contribution >= 4 is 17.4 Å². The van der Waals surface area contributed by atoms with Crippen LogP contribution in [-0.2, 0) is 11.2 Å². The van der Waals surface area contributed by atoms with E-state index in [0.717, 1.165) is 37.4 Å². The quantitative estimate of drug-likeness (QED) is 0.855. The number of nitrogens with zero attached hydrogens (tertiary/aromatic N) is 3. The summed E-state index contributed by atoms with van der Waals surface area (Å²) >= 11 is 0. The number of benzene rings is 1. The predicted octanol–water partition coefficient (Wildman–Crippen LogP) is 2.64. The molecule has 0 N–H and O–H groups in total. The number of anilines is 2. The fourth-order valence-corrected chi connectivity index (χ4v) is 3.51. The van der Waals surface area contributed by atoms with E-state index in [9.17, 15) is 9.18 Å². The molecular formula is C18H18FN3O. The Hall–Kier alpha value is -2.43. The lowest BCUT2D eigenvalue weighted by molar-refractivity contribution is -0.121. The third-order valence-electron chi connectivity index (χ3n) is 4.73. The highest BCUT2D eigenvalue weighted by atomic mass is 19.1. The lowest BCUT2D eigenvalue weighted by atomic mass is 10.1. The van der Waals surface area contributed by atoms with Crippen LogP contribution in [0.5, 0.6) is 0 Å². The molecule has 1 aromatic heterocycles. The van der Waals surface area contributed by atoms with Gasteiger partial charge in [0.15, 0.2) is 0 Å². The molecule has 1 amide bonds. The van der Waals surface area contributed by atoms with Crippen LogP contribution in [0, 0.1) is 11.7 Å². The fraction of sp³-hybridized carbons (Fsp3) is 0.333. The molecule has 4 nitrogen and oxygen atoms in total. The number of carbonyl (C=O) groups excluding carboxylic acids is 1. The van der Waals surface area contributed by atoms with Gasteiger partial charge in [-0.1, -0.05) is 18.2 Å². The van der Waals surface area contributed by atoms with Crippen LogP contribution in [0.25, 0.3) is 0 Å². The Labute approximate surface area is 134 Å². The van der Waals surface area contributed by atoms with E-state index >= 15 is 0 Å². The summed E-state index contributed by atoms with van der Waals surface area (Å²) in [4.78, 5) is 21.0. The highest BCUT2D eigenvalue weighted by molar-refractivity contribution is 5.97. The first-order valence-electron chi connectivity index (χ1n) is 7.98. The normalized spacial score (nSPS) is 20.0. The molecular weight excluding hydrogens is 293 g/mol. The zero-order chi connectivity index (χ0) is 15.8. The lowest BCUT2D eigenvalue weighted by Crippen LogP contribution is -2.36. The zero-order valence-electron chi connectivity index (χ0n) is 12.8. The van der Waals surface area contributed by atoms with Crippen LogP contribution in [0.2, 0.25) is 0 Å². The summed E-state index contributed by atoms with van der Waals surface area (Å²) < 4.78 is 13.0. The number of carbonyl (C=O) groups is 1. The summed E-state index contributed by atoms with van der Waals surface area (Å²) in [7, 11) is 0. The standard InChI is InChI=1S/C18H18FN3O/c19-15-5-6-17(20-11-15)21-9-7-14(12-21)18(23)22-10-8-13-3-1-2-4-16(13)22/h1-6,11,14H,7-10,12H2. The van der Waals surface area contributed by atoms with Crippen molar-refractivity contribution in [3.05, 3.63) is 54.0 Å². The van der Waals surface area contributed by atoms with Crippen LogP contribution < -0.4 is 9.80 Å². The SMILES string of the molecule is O=C(C1CCN(c2ccc(F)cn2)C1)N1CCc2ccccc21. The van der Waals surface area contributed by atoms with Crippen molar-refractivity contribution in [3.8, 4) is 0 Å². The average molecular weight is 311 g/mol. The van der Waals surface area contributed by atoms with Crippen LogP contribution in [0.4, 0.5) is 15.9 Å². The van der Waals surface area contributed by atoms with E-state index in [2.05, 4.69) is 16.0 Å². The van der Waals surface area contributed by atoms with Gasteiger partial charge >= 0.3 is 0 Å². The second-order valence-electron chi connectivity index (χ2n) is 6.13. The second kappa shape index (κ2) is 5.65. The van der Waals surface area contributed by atoms with Gasteiger partial charge in [0.25, 0.3) is 0 Å². The van der Waals surface area contributed by atoms with Gasteiger partial charge in [-0.15, -0.1) is 0 Å². The van der Waals surface area contributed by atoms with E-state index in [1.807, 2.05) is 23.1 Å². The molecule has 3 heterocycles. The summed E-state index contributed by atoms with van der Waals surface area (Å²) in [6.45, 7) is 2.20. The van der Waals surface area contributed by atoms with Gasteiger partial charge in [-0.05, 0) is 36.6 Å². The Kier molecular flexibility index (Phi) is 3.48. The van der Waals surface area contributed by atoms with Crippen molar-refractivity contribution in [1.29, 1.82) is 0 Å². The molecule has 0 radical (unpaired) electrons. The zero-order valence-corrected chi connectivity index (χ0v) is 12.8. The largest absolute Gasteiger partial charge is 0.356 e. The minimum absolute atomic E-state index is 0.0204. The summed E-state index contributed by atoms with van der Waals surface area (Å²) in [5.74, 6) is 0.574. The number of para-hydroxylation sites is 1. The van der Waals surface area contributed by atoms with Crippen molar-refractivity contribution in [1.82, 2.24) is 4.98 Å². The van der Waals surface area contributed by atoms with Crippen molar-refractivity contribution in [2.24, 2.45) is 5.92 Å². The Bertz CT molecular complexity index is 731. The number of aromatic nitrogens is 1. The highest BCUT2D eigenvalue weighted by Crippen LogP contribution is 2.31. The monoisotopic (exact) mass is 311 g/mol. The smallest absolute Gasteiger partial charge is 0.231 e. The van der Waals surface area contributed by atoms with Crippen molar-refractivity contribution in [2.45, 2.75) is 12.8 Å². The van der Waals surface area contributed by atoms with E-state index in [-0.39, 0.29) is 17.6 Å². The summed E-state index contributed by atoms with van der Waals surface area (Å²) in [5, 5.41) is 0. The lowest BCUT2D eigenvalue weighted by Gasteiger charge is -2.22. The average Bonchev–Trinajstić information content (AvgIpc) is 3.22. The molecule has 1 unspecified atom stereocenters. The number of halogens is 1. The van der Waals surface area contributed by atoms with E-state index in [1.165, 1.54) is 17.8 Å². The summed E-state index contributed by atoms with van der Waals surface area (Å²) in [6, 6.07) is 11.2. The predicted molar refractivity (Wildman–Crippen MR) is 87.0 cm³/mol. The first kappa shape index (κ1) is 14.2. The van der Waals surface area contributed by atoms with Crippen LogP contribution in [-0.4, -0.2) is 30.5 Å². The van der Waals surface area contributed by atoms with E-state index in [1.54, 1.807) is 6.07 Å². The maximum Gasteiger partial charge on any atom is 0.231 e. The Morgan fingerprint density at radius 2 is 2.04 bits per heavy atom. The second-order valence-corrected chi connectivity index (χ2v) is 6.13. The molecule has 1 atom stereocenters. The molecule has 0 saturated carbocycles. The number of pyridine rings is 1. The molecule has 0 aliphatic carbocycles. The van der Waals surface area contributed by atoms with E-state index < -0.39 is 0 Å². The maximum atomic E-state index is 13.0. The highest BCUT2D eigenvalue weighted by Gasteiger charge is 2.34. The van der Waals surface area contributed by atoms with Gasteiger partial charge in [0.05, 0.1) is 12.1 Å². The van der Waals surface area contributed by atoms with Crippen molar-refractivity contribution in [2.75, 3.05) is 29.4 Å². The first-order chi connectivity index (χ1) is 11.2.